The van der Waals surface area contributed by atoms with Gasteiger partial charge in [-0.2, -0.15) is 4.98 Å². The molecule has 11 nitrogen and oxygen atoms in total. The van der Waals surface area contributed by atoms with Crippen LogP contribution in [0.4, 0.5) is 10.2 Å². The number of hydrogen-bond donors (Lipinski definition) is 0. The van der Waals surface area contributed by atoms with E-state index in [0.29, 0.717) is 32.1 Å². The van der Waals surface area contributed by atoms with E-state index in [1.807, 2.05) is 37.9 Å². The Bertz CT molecular complexity index is 1500. The van der Waals surface area contributed by atoms with Gasteiger partial charge in [0.05, 0.1) is 30.5 Å². The second kappa shape index (κ2) is 13.2. The molecule has 234 valence electrons. The number of fused-ring (bicyclic) bond motifs is 3. The molecular formula is C31H37ClFN7O4. The molecular weight excluding hydrogens is 589 g/mol. The topological polar surface area (TPSA) is 106 Å². The van der Waals surface area contributed by atoms with Crippen LogP contribution in [0.25, 0.3) is 0 Å². The van der Waals surface area contributed by atoms with Crippen molar-refractivity contribution in [2.45, 2.75) is 58.2 Å². The van der Waals surface area contributed by atoms with Crippen LogP contribution in [0.2, 0.25) is 5.28 Å². The number of anilines is 1. The first-order valence-corrected chi connectivity index (χ1v) is 15.6. The smallest absolute Gasteiger partial charge is 0.282 e. The summed E-state index contributed by atoms with van der Waals surface area (Å²) in [6, 6.07) is 5.89. The summed E-state index contributed by atoms with van der Waals surface area (Å²) >= 11 is 6.17. The molecule has 0 radical (unpaired) electrons. The number of pyridine rings is 1. The fourth-order valence-electron chi connectivity index (χ4n) is 6.26. The number of carbonyl (C=O) groups is 1. The highest BCUT2D eigenvalue weighted by molar-refractivity contribution is 6.28. The highest BCUT2D eigenvalue weighted by Crippen LogP contribution is 2.39. The molecule has 1 amide bonds. The molecule has 3 aromatic rings. The second-order valence-corrected chi connectivity index (χ2v) is 11.8. The highest BCUT2D eigenvalue weighted by atomic mass is 35.5. The lowest BCUT2D eigenvalue weighted by Crippen LogP contribution is -2.44. The number of halogens is 2. The molecule has 0 spiro atoms. The van der Waals surface area contributed by atoms with E-state index in [-0.39, 0.29) is 46.6 Å². The molecule has 2 saturated heterocycles. The lowest BCUT2D eigenvalue weighted by atomic mass is 9.95. The summed E-state index contributed by atoms with van der Waals surface area (Å²) < 4.78 is 32.8. The molecule has 0 bridgehead atoms. The lowest BCUT2D eigenvalue weighted by Gasteiger charge is -2.41. The first kappa shape index (κ1) is 30.4. The van der Waals surface area contributed by atoms with Gasteiger partial charge in [0.15, 0.2) is 5.82 Å². The predicted molar refractivity (Wildman–Crippen MR) is 162 cm³/mol. The van der Waals surface area contributed by atoms with Gasteiger partial charge in [0.2, 0.25) is 5.28 Å². The van der Waals surface area contributed by atoms with Crippen molar-refractivity contribution in [1.82, 2.24) is 30.0 Å². The molecule has 1 aromatic carbocycles. The van der Waals surface area contributed by atoms with Crippen LogP contribution in [0.5, 0.6) is 17.4 Å². The van der Waals surface area contributed by atoms with Gasteiger partial charge >= 0.3 is 0 Å². The number of hydrogen-bond acceptors (Lipinski definition) is 10. The largest absolute Gasteiger partial charge is 0.490 e. The zero-order valence-electron chi connectivity index (χ0n) is 25.2. The zero-order chi connectivity index (χ0) is 30.8. The lowest BCUT2D eigenvalue weighted by molar-refractivity contribution is -0.0150. The normalized spacial score (nSPS) is 19.0. The van der Waals surface area contributed by atoms with Crippen LogP contribution in [0.15, 0.2) is 30.5 Å². The van der Waals surface area contributed by atoms with Crippen LogP contribution in [0.1, 0.15) is 61.3 Å². The van der Waals surface area contributed by atoms with Gasteiger partial charge < -0.3 is 24.0 Å². The molecule has 5 heterocycles. The Labute approximate surface area is 261 Å². The fourth-order valence-corrected chi connectivity index (χ4v) is 6.38. The van der Waals surface area contributed by atoms with Crippen molar-refractivity contribution in [3.05, 3.63) is 58.4 Å². The second-order valence-electron chi connectivity index (χ2n) is 11.5. The monoisotopic (exact) mass is 625 g/mol. The minimum absolute atomic E-state index is 0.00958. The summed E-state index contributed by atoms with van der Waals surface area (Å²) in [4.78, 5) is 28.5. The van der Waals surface area contributed by atoms with Gasteiger partial charge in [0.25, 0.3) is 11.8 Å². The van der Waals surface area contributed by atoms with Crippen molar-refractivity contribution in [2.24, 2.45) is 0 Å². The minimum Gasteiger partial charge on any atom is -0.490 e. The summed E-state index contributed by atoms with van der Waals surface area (Å²) in [7, 11) is 0. The van der Waals surface area contributed by atoms with Crippen molar-refractivity contribution in [3.63, 3.8) is 0 Å². The molecule has 2 fully saturated rings. The van der Waals surface area contributed by atoms with Crippen LogP contribution in [0, 0.1) is 5.82 Å². The maximum absolute atomic E-state index is 14.3. The Hall–Kier alpha value is -3.61. The van der Waals surface area contributed by atoms with Crippen molar-refractivity contribution in [2.75, 3.05) is 50.8 Å². The number of amides is 1. The van der Waals surface area contributed by atoms with Crippen molar-refractivity contribution in [3.8, 4) is 17.4 Å². The fraction of sp³-hybridized carbons (Fsp3) is 0.516. The molecule has 0 saturated carbocycles. The number of morpholine rings is 1. The Morgan fingerprint density at radius 1 is 1.16 bits per heavy atom. The summed E-state index contributed by atoms with van der Waals surface area (Å²) in [6.07, 6.45) is 4.17. The number of nitrogens with zero attached hydrogens (tertiary/aromatic N) is 7. The molecule has 0 N–H and O–H groups in total. The maximum Gasteiger partial charge on any atom is 0.282 e. The first-order chi connectivity index (χ1) is 21.3. The van der Waals surface area contributed by atoms with Gasteiger partial charge in [-0.15, -0.1) is 10.2 Å². The zero-order valence-corrected chi connectivity index (χ0v) is 26.0. The number of ether oxygens (including phenoxy) is 3. The predicted octanol–water partition coefficient (Wildman–Crippen LogP) is 4.70. The molecule has 44 heavy (non-hydrogen) atoms. The third-order valence-corrected chi connectivity index (χ3v) is 8.65. The minimum atomic E-state index is -0.540. The van der Waals surface area contributed by atoms with Gasteiger partial charge in [0, 0.05) is 69.8 Å². The van der Waals surface area contributed by atoms with E-state index in [1.165, 1.54) is 18.2 Å². The van der Waals surface area contributed by atoms with Gasteiger partial charge in [-0.25, -0.2) is 4.39 Å². The molecule has 3 aliphatic heterocycles. The molecule has 6 rings (SSSR count). The maximum atomic E-state index is 14.3. The summed E-state index contributed by atoms with van der Waals surface area (Å²) in [5.74, 6) is 0.647. The standard InChI is InChI=1S/C31H37ClFN7O4/c1-4-40(19(2)3)30(41)22-17-20(33)5-6-25(22)44-29-28(35-31(32)37-36-29)39-12-8-21(9-13-39)43-26-7-11-34-23-10-14-38-15-16-42-18-24(38)27(23)26/h5-7,11,17,19,21,24H,4,8-10,12-16,18H2,1-3H3. The Balaban J connectivity index is 1.18. The first-order valence-electron chi connectivity index (χ1n) is 15.2. The molecule has 1 atom stereocenters. The highest BCUT2D eigenvalue weighted by Gasteiger charge is 2.35. The summed E-state index contributed by atoms with van der Waals surface area (Å²) in [5.41, 5.74) is 2.33. The van der Waals surface area contributed by atoms with Gasteiger partial charge in [-0.1, -0.05) is 0 Å². The summed E-state index contributed by atoms with van der Waals surface area (Å²) in [5, 5.41) is 8.02. The number of piperidine rings is 1. The van der Waals surface area contributed by atoms with E-state index in [4.69, 9.17) is 25.8 Å². The van der Waals surface area contributed by atoms with E-state index < -0.39 is 5.82 Å². The van der Waals surface area contributed by atoms with Crippen LogP contribution in [-0.4, -0.2) is 94.0 Å². The molecule has 13 heteroatoms. The molecule has 1 unspecified atom stereocenters. The van der Waals surface area contributed by atoms with E-state index in [0.717, 1.165) is 56.0 Å². The number of aromatic nitrogens is 4. The van der Waals surface area contributed by atoms with Crippen LogP contribution in [-0.2, 0) is 11.2 Å². The number of rotatable bonds is 8. The van der Waals surface area contributed by atoms with Crippen molar-refractivity contribution in [1.29, 1.82) is 0 Å². The van der Waals surface area contributed by atoms with Crippen LogP contribution < -0.4 is 14.4 Å². The van der Waals surface area contributed by atoms with Gasteiger partial charge in [-0.05, 0) is 56.6 Å². The Morgan fingerprint density at radius 2 is 1.98 bits per heavy atom. The number of carbonyl (C=O) groups excluding carboxylic acids is 1. The third kappa shape index (κ3) is 6.29. The Kier molecular flexibility index (Phi) is 9.11. The van der Waals surface area contributed by atoms with E-state index >= 15 is 0 Å². The molecule has 0 aliphatic carbocycles. The van der Waals surface area contributed by atoms with E-state index in [1.54, 1.807) is 4.90 Å². The average Bonchev–Trinajstić information content (AvgIpc) is 3.03. The van der Waals surface area contributed by atoms with E-state index in [2.05, 4.69) is 25.1 Å². The number of benzene rings is 1. The van der Waals surface area contributed by atoms with Crippen LogP contribution in [0.3, 0.4) is 0 Å². The average molecular weight is 626 g/mol. The van der Waals surface area contributed by atoms with Gasteiger partial charge in [0.1, 0.15) is 23.4 Å². The SMILES string of the molecule is CCN(C(=O)c1cc(F)ccc1Oc1nnc(Cl)nc1N1CCC(Oc2ccnc3c2C2COCCN2CC3)CC1)C(C)C. The molecule has 3 aliphatic rings. The van der Waals surface area contributed by atoms with E-state index in [9.17, 15) is 9.18 Å². The van der Waals surface area contributed by atoms with Crippen molar-refractivity contribution >= 4 is 23.3 Å². The van der Waals surface area contributed by atoms with Gasteiger partial charge in [-0.3, -0.25) is 14.7 Å². The quantitative estimate of drug-likeness (QED) is 0.350. The third-order valence-electron chi connectivity index (χ3n) is 8.49. The van der Waals surface area contributed by atoms with Crippen LogP contribution >= 0.6 is 11.6 Å². The summed E-state index contributed by atoms with van der Waals surface area (Å²) in [6.45, 7) is 10.7. The molecule has 2 aromatic heterocycles. The Morgan fingerprint density at radius 3 is 2.75 bits per heavy atom. The van der Waals surface area contributed by atoms with Crippen molar-refractivity contribution < 1.29 is 23.4 Å².